The number of para-hydroxylation sites is 1. The summed E-state index contributed by atoms with van der Waals surface area (Å²) >= 11 is 3.05. The van der Waals surface area contributed by atoms with Crippen LogP contribution in [0.2, 0.25) is 0 Å². The predicted molar refractivity (Wildman–Crippen MR) is 77.9 cm³/mol. The van der Waals surface area contributed by atoms with Crippen molar-refractivity contribution >= 4 is 39.5 Å². The van der Waals surface area contributed by atoms with Crippen LogP contribution >= 0.6 is 15.9 Å². The Balaban J connectivity index is 2.80. The molecule has 0 aliphatic rings. The van der Waals surface area contributed by atoms with E-state index in [0.717, 1.165) is 0 Å². The molecule has 2 N–H and O–H groups in total. The maximum atomic E-state index is 11.7. The third kappa shape index (κ3) is 4.65. The molecule has 1 unspecified atom stereocenters. The van der Waals surface area contributed by atoms with Gasteiger partial charge in [-0.2, -0.15) is 0 Å². The number of urea groups is 1. The number of hydrogen-bond donors (Lipinski definition) is 2. The molecule has 0 heterocycles. The molecular weight excluding hydrogens is 328 g/mol. The molecule has 1 atom stereocenters. The van der Waals surface area contributed by atoms with Crippen LogP contribution in [0, 0.1) is 0 Å². The zero-order valence-electron chi connectivity index (χ0n) is 11.1. The molecule has 20 heavy (non-hydrogen) atoms. The van der Waals surface area contributed by atoms with Crippen molar-refractivity contribution < 1.29 is 19.1 Å². The van der Waals surface area contributed by atoms with Crippen LogP contribution in [0.5, 0.6) is 0 Å². The van der Waals surface area contributed by atoms with Gasteiger partial charge in [0.25, 0.3) is 0 Å². The van der Waals surface area contributed by atoms with E-state index in [1.54, 1.807) is 32.0 Å². The number of hydrogen-bond acceptors (Lipinski definition) is 4. The van der Waals surface area contributed by atoms with Gasteiger partial charge in [-0.15, -0.1) is 0 Å². The summed E-state index contributed by atoms with van der Waals surface area (Å²) in [6, 6.07) is 5.68. The van der Waals surface area contributed by atoms with Crippen molar-refractivity contribution in [3.05, 3.63) is 29.8 Å². The minimum absolute atomic E-state index is 0.226. The van der Waals surface area contributed by atoms with Crippen LogP contribution in [-0.4, -0.2) is 29.3 Å². The zero-order valence-corrected chi connectivity index (χ0v) is 12.7. The first kappa shape index (κ1) is 16.2. The number of imide groups is 1. The number of halogens is 1. The van der Waals surface area contributed by atoms with Crippen LogP contribution in [0.25, 0.3) is 0 Å². The van der Waals surface area contributed by atoms with Gasteiger partial charge < -0.3 is 10.1 Å². The number of rotatable bonds is 4. The topological polar surface area (TPSA) is 84.5 Å². The van der Waals surface area contributed by atoms with Crippen molar-refractivity contribution in [2.24, 2.45) is 0 Å². The Labute approximate surface area is 125 Å². The van der Waals surface area contributed by atoms with Crippen LogP contribution < -0.4 is 10.6 Å². The maximum absolute atomic E-state index is 11.7. The Bertz CT molecular complexity index is 517. The van der Waals surface area contributed by atoms with Crippen LogP contribution in [0.1, 0.15) is 24.2 Å². The highest BCUT2D eigenvalue weighted by Gasteiger charge is 2.16. The van der Waals surface area contributed by atoms with E-state index < -0.39 is 22.7 Å². The van der Waals surface area contributed by atoms with Gasteiger partial charge in [-0.05, 0) is 26.0 Å². The highest BCUT2D eigenvalue weighted by atomic mass is 79.9. The van der Waals surface area contributed by atoms with Gasteiger partial charge in [0.15, 0.2) is 0 Å². The minimum Gasteiger partial charge on any atom is -0.462 e. The number of nitrogens with one attached hydrogen (secondary N) is 2. The summed E-state index contributed by atoms with van der Waals surface area (Å²) < 4.78 is 4.88. The Morgan fingerprint density at radius 3 is 2.55 bits per heavy atom. The fourth-order valence-corrected chi connectivity index (χ4v) is 1.46. The van der Waals surface area contributed by atoms with Gasteiger partial charge in [0.1, 0.15) is 0 Å². The molecule has 0 saturated carbocycles. The molecule has 0 aromatic heterocycles. The predicted octanol–water partition coefficient (Wildman–Crippen LogP) is 2.29. The molecule has 6 nitrogen and oxygen atoms in total. The van der Waals surface area contributed by atoms with Crippen molar-refractivity contribution in [2.75, 3.05) is 11.9 Å². The second-order valence-corrected chi connectivity index (χ2v) is 5.20. The zero-order chi connectivity index (χ0) is 15.1. The van der Waals surface area contributed by atoms with Crippen LogP contribution in [0.15, 0.2) is 24.3 Å². The lowest BCUT2D eigenvalue weighted by Crippen LogP contribution is -2.38. The first-order valence-electron chi connectivity index (χ1n) is 5.97. The number of carbonyl (C=O) groups excluding carboxylic acids is 3. The second-order valence-electron chi connectivity index (χ2n) is 3.83. The molecule has 3 amide bonds. The Kier molecular flexibility index (Phi) is 6.17. The largest absolute Gasteiger partial charge is 0.462 e. The molecule has 0 fully saturated rings. The molecule has 7 heteroatoms. The third-order valence-electron chi connectivity index (χ3n) is 2.27. The number of anilines is 1. The average molecular weight is 343 g/mol. The Morgan fingerprint density at radius 1 is 1.30 bits per heavy atom. The number of amides is 3. The van der Waals surface area contributed by atoms with Crippen molar-refractivity contribution in [2.45, 2.75) is 18.7 Å². The maximum Gasteiger partial charge on any atom is 0.340 e. The summed E-state index contributed by atoms with van der Waals surface area (Å²) in [5, 5.41) is 4.58. The summed E-state index contributed by atoms with van der Waals surface area (Å²) in [5.41, 5.74) is 0.502. The van der Waals surface area contributed by atoms with E-state index in [9.17, 15) is 14.4 Å². The van der Waals surface area contributed by atoms with Gasteiger partial charge in [0, 0.05) is 0 Å². The molecule has 108 valence electrons. The highest BCUT2D eigenvalue weighted by molar-refractivity contribution is 9.10. The molecule has 1 aromatic carbocycles. The molecule has 0 aliphatic carbocycles. The summed E-state index contributed by atoms with van der Waals surface area (Å²) in [4.78, 5) is 34.2. The Morgan fingerprint density at radius 2 is 1.95 bits per heavy atom. The van der Waals surface area contributed by atoms with Crippen molar-refractivity contribution in [1.82, 2.24) is 5.32 Å². The van der Waals surface area contributed by atoms with Gasteiger partial charge in [0.2, 0.25) is 5.91 Å². The van der Waals surface area contributed by atoms with E-state index in [2.05, 4.69) is 26.6 Å². The molecule has 1 rings (SSSR count). The summed E-state index contributed by atoms with van der Waals surface area (Å²) in [5.74, 6) is -1.01. The van der Waals surface area contributed by atoms with Crippen molar-refractivity contribution in [3.63, 3.8) is 0 Å². The van der Waals surface area contributed by atoms with Gasteiger partial charge in [-0.1, -0.05) is 28.1 Å². The Hall–Kier alpha value is -1.89. The lowest BCUT2D eigenvalue weighted by Gasteiger charge is -2.11. The number of alkyl halides is 1. The normalized spacial score (nSPS) is 11.3. The van der Waals surface area contributed by atoms with Crippen LogP contribution in [-0.2, 0) is 9.53 Å². The number of ether oxygens (including phenoxy) is 1. The molecule has 0 bridgehead atoms. The lowest BCUT2D eigenvalue weighted by atomic mass is 10.2. The van der Waals surface area contributed by atoms with Crippen molar-refractivity contribution in [1.29, 1.82) is 0 Å². The lowest BCUT2D eigenvalue weighted by molar-refractivity contribution is -0.119. The molecule has 1 aromatic rings. The first-order valence-corrected chi connectivity index (χ1v) is 6.89. The van der Waals surface area contributed by atoms with Gasteiger partial charge >= 0.3 is 12.0 Å². The van der Waals surface area contributed by atoms with E-state index in [-0.39, 0.29) is 17.9 Å². The van der Waals surface area contributed by atoms with Crippen LogP contribution in [0.4, 0.5) is 10.5 Å². The summed E-state index contributed by atoms with van der Waals surface area (Å²) in [6.45, 7) is 3.52. The summed E-state index contributed by atoms with van der Waals surface area (Å²) in [7, 11) is 0. The number of carbonyl (C=O) groups is 3. The monoisotopic (exact) mass is 342 g/mol. The molecule has 0 saturated heterocycles. The minimum atomic E-state index is -0.710. The first-order chi connectivity index (χ1) is 9.45. The fraction of sp³-hybridized carbons (Fsp3) is 0.308. The highest BCUT2D eigenvalue weighted by Crippen LogP contribution is 2.16. The SMILES string of the molecule is CCOC(=O)c1ccccc1NC(=O)NC(=O)C(C)Br. The van der Waals surface area contributed by atoms with Gasteiger partial charge in [0.05, 0.1) is 22.7 Å². The molecular formula is C13H15BrN2O4. The standard InChI is InChI=1S/C13H15BrN2O4/c1-3-20-12(18)9-6-4-5-7-10(9)15-13(19)16-11(17)8(2)14/h4-8H,3H2,1-2H3,(H2,15,16,17,19). The van der Waals surface area contributed by atoms with E-state index >= 15 is 0 Å². The molecule has 0 spiro atoms. The average Bonchev–Trinajstić information content (AvgIpc) is 2.39. The van der Waals surface area contributed by atoms with E-state index in [1.807, 2.05) is 0 Å². The summed E-state index contributed by atoms with van der Waals surface area (Å²) in [6.07, 6.45) is 0. The van der Waals surface area contributed by atoms with E-state index in [4.69, 9.17) is 4.74 Å². The van der Waals surface area contributed by atoms with Gasteiger partial charge in [-0.25, -0.2) is 9.59 Å². The number of esters is 1. The molecule has 0 radical (unpaired) electrons. The van der Waals surface area contributed by atoms with Gasteiger partial charge in [-0.3, -0.25) is 10.1 Å². The van der Waals surface area contributed by atoms with Crippen molar-refractivity contribution in [3.8, 4) is 0 Å². The third-order valence-corrected chi connectivity index (χ3v) is 2.68. The van der Waals surface area contributed by atoms with Crippen LogP contribution in [0.3, 0.4) is 0 Å². The quantitative estimate of drug-likeness (QED) is 0.649. The van der Waals surface area contributed by atoms with E-state index in [0.29, 0.717) is 0 Å². The fourth-order valence-electron chi connectivity index (χ4n) is 1.34. The number of benzene rings is 1. The van der Waals surface area contributed by atoms with E-state index in [1.165, 1.54) is 6.07 Å². The second kappa shape index (κ2) is 7.64. The molecule has 0 aliphatic heterocycles. The smallest absolute Gasteiger partial charge is 0.340 e.